The van der Waals surface area contributed by atoms with E-state index in [1.807, 2.05) is 0 Å². The van der Waals surface area contributed by atoms with E-state index in [0.29, 0.717) is 5.69 Å². The summed E-state index contributed by atoms with van der Waals surface area (Å²) < 4.78 is 0. The summed E-state index contributed by atoms with van der Waals surface area (Å²) in [5, 5.41) is 8.52. The van der Waals surface area contributed by atoms with Crippen molar-refractivity contribution in [2.24, 2.45) is 5.73 Å². The first-order valence-electron chi connectivity index (χ1n) is 4.34. The van der Waals surface area contributed by atoms with Gasteiger partial charge in [-0.2, -0.15) is 0 Å². The number of rotatable bonds is 3. The molecule has 3 N–H and O–H groups in total. The van der Waals surface area contributed by atoms with Crippen LogP contribution in [0, 0.1) is 0 Å². The number of carbonyl (C=O) groups is 3. The van der Waals surface area contributed by atoms with E-state index in [0.717, 1.165) is 4.90 Å². The number of anilines is 1. The second-order valence-corrected chi connectivity index (χ2v) is 3.08. The molecule has 0 fully saturated rings. The summed E-state index contributed by atoms with van der Waals surface area (Å²) in [4.78, 5) is 33.6. The van der Waals surface area contributed by atoms with E-state index in [4.69, 9.17) is 10.8 Å². The van der Waals surface area contributed by atoms with Crippen molar-refractivity contribution in [3.63, 3.8) is 0 Å². The third-order valence-corrected chi connectivity index (χ3v) is 2.02. The highest BCUT2D eigenvalue weighted by Gasteiger charge is 2.16. The third-order valence-electron chi connectivity index (χ3n) is 2.02. The summed E-state index contributed by atoms with van der Waals surface area (Å²) in [5.74, 6) is -2.57. The van der Waals surface area contributed by atoms with Crippen LogP contribution in [0.15, 0.2) is 24.3 Å². The molecular weight excluding hydrogens is 212 g/mol. The van der Waals surface area contributed by atoms with Crippen molar-refractivity contribution in [2.45, 2.75) is 0 Å². The Morgan fingerprint density at radius 1 is 1.31 bits per heavy atom. The van der Waals surface area contributed by atoms with Crippen molar-refractivity contribution in [1.82, 2.24) is 0 Å². The second kappa shape index (κ2) is 4.43. The van der Waals surface area contributed by atoms with Gasteiger partial charge in [-0.25, -0.2) is 9.59 Å². The van der Waals surface area contributed by atoms with E-state index < -0.39 is 17.8 Å². The molecule has 0 spiro atoms. The first-order valence-corrected chi connectivity index (χ1v) is 4.34. The van der Waals surface area contributed by atoms with Crippen LogP contribution in [-0.4, -0.2) is 29.9 Å². The second-order valence-electron chi connectivity index (χ2n) is 3.08. The molecule has 1 rings (SSSR count). The van der Waals surface area contributed by atoms with Crippen LogP contribution in [0.4, 0.5) is 10.5 Å². The fourth-order valence-electron chi connectivity index (χ4n) is 1.11. The van der Waals surface area contributed by atoms with Gasteiger partial charge >= 0.3 is 12.0 Å². The molecule has 6 nitrogen and oxygen atoms in total. The number of nitrogens with zero attached hydrogens (tertiary/aromatic N) is 1. The number of carbonyl (C=O) groups excluding carboxylic acids is 2. The molecule has 0 aliphatic rings. The van der Waals surface area contributed by atoms with Gasteiger partial charge in [-0.05, 0) is 12.1 Å². The number of nitrogens with two attached hydrogens (primary N) is 1. The Labute approximate surface area is 91.3 Å². The lowest BCUT2D eigenvalue weighted by molar-refractivity contribution is -0.131. The normalized spacial score (nSPS) is 9.56. The van der Waals surface area contributed by atoms with Crippen LogP contribution in [0.5, 0.6) is 0 Å². The van der Waals surface area contributed by atoms with Crippen LogP contribution >= 0.6 is 0 Å². The first-order chi connectivity index (χ1) is 7.43. The van der Waals surface area contributed by atoms with Gasteiger partial charge in [0.2, 0.25) is 0 Å². The van der Waals surface area contributed by atoms with Crippen molar-refractivity contribution in [2.75, 3.05) is 11.9 Å². The predicted octanol–water partition coefficient (Wildman–Crippen LogP) is 0.469. The minimum atomic E-state index is -1.54. The molecule has 0 aromatic heterocycles. The molecule has 0 bridgehead atoms. The van der Waals surface area contributed by atoms with E-state index in [1.165, 1.54) is 25.2 Å². The molecule has 1 aromatic carbocycles. The van der Waals surface area contributed by atoms with E-state index >= 15 is 0 Å². The fourth-order valence-corrected chi connectivity index (χ4v) is 1.11. The quantitative estimate of drug-likeness (QED) is 0.573. The number of urea groups is 1. The van der Waals surface area contributed by atoms with Gasteiger partial charge in [0, 0.05) is 18.3 Å². The largest absolute Gasteiger partial charge is 0.475 e. The SMILES string of the molecule is CN(C(N)=O)c1cccc(C(=O)C(=O)O)c1. The number of carboxylic acid groups (broad SMARTS) is 1. The molecule has 1 aromatic rings. The summed E-state index contributed by atoms with van der Waals surface area (Å²) in [6.07, 6.45) is 0. The number of aliphatic carboxylic acids is 1. The van der Waals surface area contributed by atoms with Crippen molar-refractivity contribution in [1.29, 1.82) is 0 Å². The predicted molar refractivity (Wildman–Crippen MR) is 56.4 cm³/mol. The molecule has 0 heterocycles. The Kier molecular flexibility index (Phi) is 3.24. The fraction of sp³-hybridized carbons (Fsp3) is 0.100. The Morgan fingerprint density at radius 2 is 1.94 bits per heavy atom. The van der Waals surface area contributed by atoms with E-state index in [9.17, 15) is 14.4 Å². The van der Waals surface area contributed by atoms with Crippen LogP contribution in [0.2, 0.25) is 0 Å². The number of hydrogen-bond donors (Lipinski definition) is 2. The number of ketones is 1. The van der Waals surface area contributed by atoms with Gasteiger partial charge in [-0.15, -0.1) is 0 Å². The minimum Gasteiger partial charge on any atom is -0.475 e. The highest BCUT2D eigenvalue weighted by Crippen LogP contribution is 2.15. The summed E-state index contributed by atoms with van der Waals surface area (Å²) >= 11 is 0. The molecule has 0 radical (unpaired) electrons. The average molecular weight is 222 g/mol. The van der Waals surface area contributed by atoms with Crippen LogP contribution in [0.3, 0.4) is 0 Å². The summed E-state index contributed by atoms with van der Waals surface area (Å²) in [6, 6.07) is 4.98. The highest BCUT2D eigenvalue weighted by molar-refractivity contribution is 6.40. The van der Waals surface area contributed by atoms with Crippen molar-refractivity contribution >= 4 is 23.5 Å². The maximum atomic E-state index is 11.2. The van der Waals surface area contributed by atoms with E-state index in [1.54, 1.807) is 6.07 Å². The first kappa shape index (κ1) is 11.7. The smallest absolute Gasteiger partial charge is 0.377 e. The number of Topliss-reactive ketones (excluding diaryl/α,β-unsaturated/α-hetero) is 1. The monoisotopic (exact) mass is 222 g/mol. The molecule has 6 heteroatoms. The molecule has 0 atom stereocenters. The number of carboxylic acids is 1. The van der Waals surface area contributed by atoms with Crippen molar-refractivity contribution < 1.29 is 19.5 Å². The zero-order valence-electron chi connectivity index (χ0n) is 8.51. The topological polar surface area (TPSA) is 101 Å². The maximum absolute atomic E-state index is 11.2. The molecule has 0 saturated carbocycles. The zero-order chi connectivity index (χ0) is 12.3. The average Bonchev–Trinajstić information content (AvgIpc) is 2.26. The molecule has 2 amide bonds. The summed E-state index contributed by atoms with van der Waals surface area (Å²) in [7, 11) is 1.42. The highest BCUT2D eigenvalue weighted by atomic mass is 16.4. The van der Waals surface area contributed by atoms with Crippen LogP contribution in [0.25, 0.3) is 0 Å². The molecular formula is C10H10N2O4. The lowest BCUT2D eigenvalue weighted by Gasteiger charge is -2.14. The Hall–Kier alpha value is -2.37. The van der Waals surface area contributed by atoms with Crippen molar-refractivity contribution in [3.05, 3.63) is 29.8 Å². The van der Waals surface area contributed by atoms with Gasteiger partial charge in [0.1, 0.15) is 0 Å². The van der Waals surface area contributed by atoms with Crippen LogP contribution < -0.4 is 10.6 Å². The zero-order valence-corrected chi connectivity index (χ0v) is 8.51. The Bertz CT molecular complexity index is 456. The summed E-state index contributed by atoms with van der Waals surface area (Å²) in [6.45, 7) is 0. The van der Waals surface area contributed by atoms with Gasteiger partial charge in [0.15, 0.2) is 0 Å². The van der Waals surface area contributed by atoms with Gasteiger partial charge in [-0.1, -0.05) is 12.1 Å². The third kappa shape index (κ3) is 2.35. The molecule has 0 aliphatic heterocycles. The van der Waals surface area contributed by atoms with Gasteiger partial charge < -0.3 is 10.8 Å². The Balaban J connectivity index is 3.09. The Morgan fingerprint density at radius 3 is 2.44 bits per heavy atom. The molecule has 0 unspecified atom stereocenters. The standard InChI is InChI=1S/C10H10N2O4/c1-12(10(11)16)7-4-2-3-6(5-7)8(13)9(14)15/h2-5H,1H3,(H2,11,16)(H,14,15). The lowest BCUT2D eigenvalue weighted by atomic mass is 10.1. The van der Waals surface area contributed by atoms with Crippen LogP contribution in [-0.2, 0) is 4.79 Å². The van der Waals surface area contributed by atoms with Gasteiger partial charge in [-0.3, -0.25) is 9.69 Å². The van der Waals surface area contributed by atoms with E-state index in [2.05, 4.69) is 0 Å². The maximum Gasteiger partial charge on any atom is 0.377 e. The molecule has 0 aliphatic carbocycles. The molecule has 84 valence electrons. The number of primary amides is 1. The number of amides is 2. The van der Waals surface area contributed by atoms with Gasteiger partial charge in [0.25, 0.3) is 5.78 Å². The van der Waals surface area contributed by atoms with Gasteiger partial charge in [0.05, 0.1) is 0 Å². The molecule has 16 heavy (non-hydrogen) atoms. The summed E-state index contributed by atoms with van der Waals surface area (Å²) in [5.41, 5.74) is 5.40. The molecule has 0 saturated heterocycles. The van der Waals surface area contributed by atoms with E-state index in [-0.39, 0.29) is 5.56 Å². The minimum absolute atomic E-state index is 0.00176. The van der Waals surface area contributed by atoms with Crippen LogP contribution in [0.1, 0.15) is 10.4 Å². The number of benzene rings is 1. The lowest BCUT2D eigenvalue weighted by Crippen LogP contribution is -2.31. The number of hydrogen-bond acceptors (Lipinski definition) is 3. The van der Waals surface area contributed by atoms with Crippen molar-refractivity contribution in [3.8, 4) is 0 Å².